The van der Waals surface area contributed by atoms with Crippen LogP contribution < -0.4 is 0 Å². The first kappa shape index (κ1) is 18.2. The second-order valence-electron chi connectivity index (χ2n) is 8.64. The predicted molar refractivity (Wildman–Crippen MR) is 110 cm³/mol. The Balaban J connectivity index is 1.87. The average Bonchev–Trinajstić information content (AvgIpc) is 2.99. The third-order valence-corrected chi connectivity index (χ3v) is 6.92. The molecule has 2 aromatic carbocycles. The van der Waals surface area contributed by atoms with E-state index in [-0.39, 0.29) is 12.1 Å². The van der Waals surface area contributed by atoms with Crippen LogP contribution in [0.4, 0.5) is 0 Å². The first-order valence-corrected chi connectivity index (χ1v) is 13.3. The van der Waals surface area contributed by atoms with Crippen LogP contribution in [0.1, 0.15) is 17.5 Å². The third-order valence-electron chi connectivity index (χ3n) is 5.34. The monoisotopic (exact) mass is 378 g/mol. The quantitative estimate of drug-likeness (QED) is 0.553. The topological polar surface area (TPSA) is 35.5 Å². The highest BCUT2D eigenvalue weighted by molar-refractivity contribution is 6.76. The van der Waals surface area contributed by atoms with Crippen LogP contribution in [0.2, 0.25) is 25.7 Å². The zero-order valence-electron chi connectivity index (χ0n) is 16.2. The summed E-state index contributed by atoms with van der Waals surface area (Å²) in [5.41, 5.74) is 3.29. The Morgan fingerprint density at radius 1 is 1.00 bits per heavy atom. The van der Waals surface area contributed by atoms with Crippen molar-refractivity contribution in [1.29, 1.82) is 0 Å². The summed E-state index contributed by atoms with van der Waals surface area (Å²) >= 11 is 0. The fourth-order valence-corrected chi connectivity index (χ4v) is 6.51. The van der Waals surface area contributed by atoms with Crippen molar-refractivity contribution in [3.63, 3.8) is 0 Å². The van der Waals surface area contributed by atoms with Crippen LogP contribution in [-0.2, 0) is 19.9 Å². The van der Waals surface area contributed by atoms with Gasteiger partial charge in [0.25, 0.3) is 0 Å². The van der Waals surface area contributed by atoms with E-state index in [4.69, 9.17) is 9.47 Å². The van der Waals surface area contributed by atoms with E-state index in [1.807, 2.05) is 48.5 Å². The van der Waals surface area contributed by atoms with E-state index in [1.165, 1.54) is 0 Å². The normalized spacial score (nSPS) is 25.3. The zero-order chi connectivity index (χ0) is 19.1. The molecule has 0 spiro atoms. The fraction of sp³-hybridized carbons (Fsp3) is 0.348. The van der Waals surface area contributed by atoms with Crippen molar-refractivity contribution in [2.45, 2.75) is 43.8 Å². The lowest BCUT2D eigenvalue weighted by molar-refractivity contribution is -0.163. The van der Waals surface area contributed by atoms with Crippen LogP contribution in [0.5, 0.6) is 0 Å². The van der Waals surface area contributed by atoms with E-state index in [0.29, 0.717) is 6.61 Å². The summed E-state index contributed by atoms with van der Waals surface area (Å²) in [7, 11) is -1.52. The van der Waals surface area contributed by atoms with E-state index in [2.05, 4.69) is 31.8 Å². The molecule has 140 valence electrons. The molecule has 0 saturated carbocycles. The van der Waals surface area contributed by atoms with Crippen molar-refractivity contribution in [3.8, 4) is 0 Å². The maximum atomic E-state index is 12.9. The van der Waals surface area contributed by atoms with E-state index < -0.39 is 13.7 Å². The molecular formula is C23H26O3Si. The first-order chi connectivity index (χ1) is 12.9. The zero-order valence-corrected chi connectivity index (χ0v) is 17.2. The van der Waals surface area contributed by atoms with Gasteiger partial charge in [-0.1, -0.05) is 80.3 Å². The highest BCUT2D eigenvalue weighted by Crippen LogP contribution is 2.50. The molecule has 0 amide bonds. The van der Waals surface area contributed by atoms with Gasteiger partial charge in [-0.2, -0.15) is 0 Å². The second kappa shape index (κ2) is 6.77. The number of carbonyl (C=O) groups excluding carboxylic acids is 1. The van der Waals surface area contributed by atoms with Gasteiger partial charge >= 0.3 is 5.97 Å². The molecule has 4 heteroatoms. The van der Waals surface area contributed by atoms with Gasteiger partial charge in [-0.05, 0) is 29.2 Å². The Labute approximate surface area is 162 Å². The van der Waals surface area contributed by atoms with Crippen molar-refractivity contribution in [2.24, 2.45) is 0 Å². The number of esters is 1. The molecule has 0 unspecified atom stereocenters. The van der Waals surface area contributed by atoms with Crippen LogP contribution >= 0.6 is 0 Å². The van der Waals surface area contributed by atoms with Crippen molar-refractivity contribution in [2.75, 3.05) is 6.61 Å². The van der Waals surface area contributed by atoms with Gasteiger partial charge in [0.05, 0.1) is 12.2 Å². The number of hydrogen-bond donors (Lipinski definition) is 0. The second-order valence-corrected chi connectivity index (χ2v) is 14.1. The van der Waals surface area contributed by atoms with Gasteiger partial charge in [-0.3, -0.25) is 0 Å². The smallest absolute Gasteiger partial charge is 0.339 e. The average molecular weight is 379 g/mol. The Morgan fingerprint density at radius 3 is 2.26 bits per heavy atom. The molecule has 1 saturated heterocycles. The Morgan fingerprint density at radius 2 is 1.63 bits per heavy atom. The molecule has 2 aliphatic heterocycles. The van der Waals surface area contributed by atoms with Gasteiger partial charge in [0.15, 0.2) is 6.10 Å². The Kier molecular flexibility index (Phi) is 4.56. The molecule has 0 aromatic heterocycles. The molecule has 2 aromatic rings. The van der Waals surface area contributed by atoms with Gasteiger partial charge in [0, 0.05) is 8.07 Å². The Hall–Kier alpha value is -2.17. The molecule has 2 heterocycles. The molecule has 2 atom stereocenters. The molecule has 4 rings (SSSR count). The highest BCUT2D eigenvalue weighted by atomic mass is 28.3. The van der Waals surface area contributed by atoms with Crippen molar-refractivity contribution in [1.82, 2.24) is 0 Å². The minimum atomic E-state index is -1.52. The number of carbonyl (C=O) groups is 1. The summed E-state index contributed by atoms with van der Waals surface area (Å²) in [6.07, 6.45) is 0.393. The summed E-state index contributed by atoms with van der Waals surface area (Å²) in [6, 6.07) is 21.1. The predicted octanol–water partition coefficient (Wildman–Crippen LogP) is 5.02. The molecule has 0 radical (unpaired) electrons. The maximum absolute atomic E-state index is 12.9. The highest BCUT2D eigenvalue weighted by Gasteiger charge is 2.54. The number of rotatable bonds is 4. The van der Waals surface area contributed by atoms with E-state index in [0.717, 1.165) is 34.7 Å². The lowest BCUT2D eigenvalue weighted by Gasteiger charge is -2.45. The van der Waals surface area contributed by atoms with Gasteiger partial charge < -0.3 is 9.47 Å². The molecule has 27 heavy (non-hydrogen) atoms. The van der Waals surface area contributed by atoms with Crippen molar-refractivity contribution in [3.05, 3.63) is 77.4 Å². The number of ether oxygens (including phenoxy) is 2. The summed E-state index contributed by atoms with van der Waals surface area (Å²) in [4.78, 5) is 12.9. The van der Waals surface area contributed by atoms with Gasteiger partial charge in [0.1, 0.15) is 5.60 Å². The van der Waals surface area contributed by atoms with Crippen LogP contribution in [0.3, 0.4) is 0 Å². The third kappa shape index (κ3) is 3.28. The molecule has 0 bridgehead atoms. The number of hydrogen-bond acceptors (Lipinski definition) is 3. The van der Waals surface area contributed by atoms with Crippen LogP contribution in [0.15, 0.2) is 66.2 Å². The molecule has 0 aliphatic carbocycles. The summed E-state index contributed by atoms with van der Waals surface area (Å²) < 4.78 is 12.5. The summed E-state index contributed by atoms with van der Waals surface area (Å²) in [5.74, 6) is -0.220. The molecule has 1 fully saturated rings. The Bertz CT molecular complexity index is 868. The van der Waals surface area contributed by atoms with Crippen LogP contribution in [-0.4, -0.2) is 26.8 Å². The minimum Gasteiger partial charge on any atom is -0.451 e. The first-order valence-electron chi connectivity index (χ1n) is 9.60. The fourth-order valence-electron chi connectivity index (χ4n) is 4.45. The summed E-state index contributed by atoms with van der Waals surface area (Å²) in [6.45, 7) is 7.63. The van der Waals surface area contributed by atoms with Crippen LogP contribution in [0, 0.1) is 0 Å². The molecule has 0 N–H and O–H groups in total. The van der Waals surface area contributed by atoms with Crippen molar-refractivity contribution < 1.29 is 14.3 Å². The van der Waals surface area contributed by atoms with Crippen LogP contribution in [0.25, 0.3) is 5.57 Å². The SMILES string of the molecule is C[Si](C)(C)C[C@@]1(c2ccccc2)OCCC2=C(c3ccccc3)C(=O)O[C@H]21. The number of benzene rings is 2. The van der Waals surface area contributed by atoms with Gasteiger partial charge in [-0.15, -0.1) is 0 Å². The molecule has 2 aliphatic rings. The largest absolute Gasteiger partial charge is 0.451 e. The number of fused-ring (bicyclic) bond motifs is 1. The lowest BCUT2D eigenvalue weighted by atomic mass is 9.81. The van der Waals surface area contributed by atoms with E-state index in [9.17, 15) is 4.79 Å². The standard InChI is InChI=1S/C23H26O3Si/c1-27(2,3)16-23(18-12-8-5-9-13-18)21-19(14-15-25-23)20(22(24)26-21)17-10-6-4-7-11-17/h4-13,21H,14-16H2,1-3H3/t21-,23+/m1/s1. The van der Waals surface area contributed by atoms with Gasteiger partial charge in [-0.25, -0.2) is 4.79 Å². The molecular weight excluding hydrogens is 352 g/mol. The summed E-state index contributed by atoms with van der Waals surface area (Å²) in [5, 5.41) is 0. The maximum Gasteiger partial charge on any atom is 0.339 e. The van der Waals surface area contributed by atoms with E-state index >= 15 is 0 Å². The van der Waals surface area contributed by atoms with Gasteiger partial charge in [0.2, 0.25) is 0 Å². The lowest BCUT2D eigenvalue weighted by Crippen LogP contribution is -2.50. The van der Waals surface area contributed by atoms with E-state index in [1.54, 1.807) is 0 Å². The van der Waals surface area contributed by atoms with Crippen molar-refractivity contribution >= 4 is 19.6 Å². The molecule has 3 nitrogen and oxygen atoms in total. The minimum absolute atomic E-state index is 0.220.